The van der Waals surface area contributed by atoms with Gasteiger partial charge in [-0.2, -0.15) is 0 Å². The second-order valence-corrected chi connectivity index (χ2v) is 6.86. The molecule has 1 heterocycles. The molecule has 4 heteroatoms. The highest BCUT2D eigenvalue weighted by Crippen LogP contribution is 2.28. The van der Waals surface area contributed by atoms with Gasteiger partial charge < -0.3 is 10.2 Å². The van der Waals surface area contributed by atoms with E-state index >= 15 is 0 Å². The minimum atomic E-state index is -0.195. The summed E-state index contributed by atoms with van der Waals surface area (Å²) in [6.45, 7) is 5.62. The van der Waals surface area contributed by atoms with Crippen LogP contribution < -0.4 is 10.2 Å². The third-order valence-corrected chi connectivity index (χ3v) is 5.31. The summed E-state index contributed by atoms with van der Waals surface area (Å²) in [6.07, 6.45) is 3.29. The number of amides is 1. The summed E-state index contributed by atoms with van der Waals surface area (Å²) < 4.78 is 14.0. The number of para-hydroxylation sites is 2. The fourth-order valence-corrected chi connectivity index (χ4v) is 3.72. The summed E-state index contributed by atoms with van der Waals surface area (Å²) in [5.74, 6) is -0.124. The molecule has 3 rings (SSSR count). The van der Waals surface area contributed by atoms with Crippen LogP contribution in [0, 0.1) is 11.7 Å². The average Bonchev–Trinajstić information content (AvgIpc) is 2.68. The fourth-order valence-electron chi connectivity index (χ4n) is 3.72. The maximum Gasteiger partial charge on any atom is 0.227 e. The number of benzene rings is 2. The minimum absolute atomic E-state index is 0.0207. The first-order valence-electron chi connectivity index (χ1n) is 9.55. The zero-order valence-electron chi connectivity index (χ0n) is 15.6. The molecule has 1 amide bonds. The van der Waals surface area contributed by atoms with E-state index in [1.807, 2.05) is 11.0 Å². The van der Waals surface area contributed by atoms with Crippen LogP contribution >= 0.6 is 0 Å². The average molecular weight is 354 g/mol. The van der Waals surface area contributed by atoms with Crippen LogP contribution in [0.3, 0.4) is 0 Å². The number of carbonyl (C=O) groups is 1. The van der Waals surface area contributed by atoms with E-state index in [1.165, 1.54) is 17.2 Å². The predicted molar refractivity (Wildman–Crippen MR) is 105 cm³/mol. The lowest BCUT2D eigenvalue weighted by molar-refractivity contribution is -0.120. The monoisotopic (exact) mass is 354 g/mol. The molecule has 0 aromatic heterocycles. The molecule has 2 aromatic carbocycles. The van der Waals surface area contributed by atoms with Crippen LogP contribution in [-0.4, -0.2) is 19.0 Å². The Kier molecular flexibility index (Phi) is 5.92. The SMILES string of the molecule is CCc1cccc(CC)c1NC(=O)C1CCN(c2ccccc2F)CC1. The van der Waals surface area contributed by atoms with Crippen molar-refractivity contribution in [3.05, 3.63) is 59.4 Å². The maximum absolute atomic E-state index is 14.0. The van der Waals surface area contributed by atoms with E-state index in [1.54, 1.807) is 12.1 Å². The van der Waals surface area contributed by atoms with Crippen molar-refractivity contribution in [2.75, 3.05) is 23.3 Å². The third kappa shape index (κ3) is 3.90. The molecule has 3 nitrogen and oxygen atoms in total. The highest BCUT2D eigenvalue weighted by atomic mass is 19.1. The number of anilines is 2. The number of aryl methyl sites for hydroxylation is 2. The Balaban J connectivity index is 1.66. The molecule has 138 valence electrons. The summed E-state index contributed by atoms with van der Waals surface area (Å²) in [7, 11) is 0. The number of hydrogen-bond donors (Lipinski definition) is 1. The second kappa shape index (κ2) is 8.35. The van der Waals surface area contributed by atoms with E-state index in [0.717, 1.165) is 31.4 Å². The van der Waals surface area contributed by atoms with Crippen molar-refractivity contribution in [1.29, 1.82) is 0 Å². The first kappa shape index (κ1) is 18.4. The van der Waals surface area contributed by atoms with Gasteiger partial charge in [0.05, 0.1) is 5.69 Å². The number of hydrogen-bond acceptors (Lipinski definition) is 2. The Labute approximate surface area is 155 Å². The van der Waals surface area contributed by atoms with Crippen LogP contribution in [0.25, 0.3) is 0 Å². The van der Waals surface area contributed by atoms with Crippen LogP contribution in [0.2, 0.25) is 0 Å². The Morgan fingerprint density at radius 1 is 1.04 bits per heavy atom. The molecule has 0 aliphatic carbocycles. The molecule has 0 saturated carbocycles. The van der Waals surface area contributed by atoms with Gasteiger partial charge in [0.25, 0.3) is 0 Å². The van der Waals surface area contributed by atoms with E-state index < -0.39 is 0 Å². The van der Waals surface area contributed by atoms with E-state index in [0.29, 0.717) is 18.8 Å². The largest absolute Gasteiger partial charge is 0.369 e. The summed E-state index contributed by atoms with van der Waals surface area (Å²) >= 11 is 0. The molecule has 2 aromatic rings. The van der Waals surface area contributed by atoms with Crippen molar-refractivity contribution in [2.24, 2.45) is 5.92 Å². The van der Waals surface area contributed by atoms with Gasteiger partial charge in [-0.05, 0) is 48.9 Å². The van der Waals surface area contributed by atoms with Crippen molar-refractivity contribution < 1.29 is 9.18 Å². The Hall–Kier alpha value is -2.36. The molecule has 1 aliphatic rings. The lowest BCUT2D eigenvalue weighted by Gasteiger charge is -2.33. The number of piperidine rings is 1. The second-order valence-electron chi connectivity index (χ2n) is 6.86. The Morgan fingerprint density at radius 3 is 2.23 bits per heavy atom. The van der Waals surface area contributed by atoms with Gasteiger partial charge in [0.2, 0.25) is 5.91 Å². The van der Waals surface area contributed by atoms with Gasteiger partial charge in [0.15, 0.2) is 0 Å². The van der Waals surface area contributed by atoms with Crippen molar-refractivity contribution in [3.63, 3.8) is 0 Å². The van der Waals surface area contributed by atoms with Gasteiger partial charge in [-0.1, -0.05) is 44.2 Å². The normalized spacial score (nSPS) is 15.1. The number of nitrogens with zero attached hydrogens (tertiary/aromatic N) is 1. The van der Waals surface area contributed by atoms with Crippen molar-refractivity contribution >= 4 is 17.3 Å². The molecule has 1 saturated heterocycles. The molecule has 0 unspecified atom stereocenters. The van der Waals surface area contributed by atoms with Crippen LogP contribution in [0.5, 0.6) is 0 Å². The topological polar surface area (TPSA) is 32.3 Å². The molecule has 1 fully saturated rings. The van der Waals surface area contributed by atoms with E-state index in [9.17, 15) is 9.18 Å². The zero-order chi connectivity index (χ0) is 18.5. The molecular weight excluding hydrogens is 327 g/mol. The lowest BCUT2D eigenvalue weighted by atomic mass is 9.94. The van der Waals surface area contributed by atoms with E-state index in [4.69, 9.17) is 0 Å². The van der Waals surface area contributed by atoms with Gasteiger partial charge in [-0.3, -0.25) is 4.79 Å². The smallest absolute Gasteiger partial charge is 0.227 e. The van der Waals surface area contributed by atoms with Crippen LogP contribution in [0.15, 0.2) is 42.5 Å². The van der Waals surface area contributed by atoms with Gasteiger partial charge >= 0.3 is 0 Å². The molecule has 0 radical (unpaired) electrons. The van der Waals surface area contributed by atoms with Gasteiger partial charge in [-0.15, -0.1) is 0 Å². The Morgan fingerprint density at radius 2 is 1.65 bits per heavy atom. The van der Waals surface area contributed by atoms with E-state index in [-0.39, 0.29) is 17.6 Å². The number of carbonyl (C=O) groups excluding carboxylic acids is 1. The highest BCUT2D eigenvalue weighted by Gasteiger charge is 2.26. The highest BCUT2D eigenvalue weighted by molar-refractivity contribution is 5.94. The van der Waals surface area contributed by atoms with Gasteiger partial charge in [0, 0.05) is 24.7 Å². The molecule has 0 spiro atoms. The van der Waals surface area contributed by atoms with Crippen molar-refractivity contribution in [2.45, 2.75) is 39.5 Å². The minimum Gasteiger partial charge on any atom is -0.369 e. The molecule has 1 aliphatic heterocycles. The quantitative estimate of drug-likeness (QED) is 0.836. The van der Waals surface area contributed by atoms with Crippen LogP contribution in [0.1, 0.15) is 37.8 Å². The number of halogens is 1. The first-order chi connectivity index (χ1) is 12.6. The lowest BCUT2D eigenvalue weighted by Crippen LogP contribution is -2.38. The van der Waals surface area contributed by atoms with Crippen LogP contribution in [-0.2, 0) is 17.6 Å². The third-order valence-electron chi connectivity index (χ3n) is 5.31. The standard InChI is InChI=1S/C22H27FN2O/c1-3-16-8-7-9-17(4-2)21(16)24-22(26)18-12-14-25(15-13-18)20-11-6-5-10-19(20)23/h5-11,18H,3-4,12-15H2,1-2H3,(H,24,26). The Bertz CT molecular complexity index is 744. The molecular formula is C22H27FN2O. The molecule has 1 N–H and O–H groups in total. The summed E-state index contributed by atoms with van der Waals surface area (Å²) in [4.78, 5) is 14.8. The van der Waals surface area contributed by atoms with Gasteiger partial charge in [0.1, 0.15) is 5.82 Å². The molecule has 0 atom stereocenters. The number of nitrogens with one attached hydrogen (secondary N) is 1. The first-order valence-corrected chi connectivity index (χ1v) is 9.55. The van der Waals surface area contributed by atoms with Gasteiger partial charge in [-0.25, -0.2) is 4.39 Å². The predicted octanol–water partition coefficient (Wildman–Crippen LogP) is 4.81. The van der Waals surface area contributed by atoms with Crippen molar-refractivity contribution in [1.82, 2.24) is 0 Å². The molecule has 26 heavy (non-hydrogen) atoms. The van der Waals surface area contributed by atoms with Crippen molar-refractivity contribution in [3.8, 4) is 0 Å². The number of rotatable bonds is 5. The summed E-state index contributed by atoms with van der Waals surface area (Å²) in [5, 5.41) is 3.19. The maximum atomic E-state index is 14.0. The zero-order valence-corrected chi connectivity index (χ0v) is 15.6. The molecule has 0 bridgehead atoms. The summed E-state index contributed by atoms with van der Waals surface area (Å²) in [5.41, 5.74) is 3.98. The summed E-state index contributed by atoms with van der Waals surface area (Å²) in [6, 6.07) is 13.1. The van der Waals surface area contributed by atoms with E-state index in [2.05, 4.69) is 37.4 Å². The van der Waals surface area contributed by atoms with Crippen LogP contribution in [0.4, 0.5) is 15.8 Å². The fraction of sp³-hybridized carbons (Fsp3) is 0.409.